The van der Waals surface area contributed by atoms with Crippen LogP contribution in [0, 0.1) is 5.92 Å². The van der Waals surface area contributed by atoms with Crippen molar-refractivity contribution in [3.63, 3.8) is 0 Å². The molecule has 0 aliphatic carbocycles. The van der Waals surface area contributed by atoms with Crippen LogP contribution < -0.4 is 10.1 Å². The molecule has 1 aliphatic heterocycles. The van der Waals surface area contributed by atoms with E-state index in [9.17, 15) is 9.59 Å². The highest BCUT2D eigenvalue weighted by molar-refractivity contribution is 5.94. The van der Waals surface area contributed by atoms with Gasteiger partial charge in [0.2, 0.25) is 0 Å². The first-order chi connectivity index (χ1) is 15.0. The van der Waals surface area contributed by atoms with E-state index in [1.807, 2.05) is 69.3 Å². The first kappa shape index (κ1) is 22.7. The number of nitrogens with one attached hydrogen (secondary N) is 1. The molecule has 3 rings (SSSR count). The molecule has 1 N–H and O–H groups in total. The fraction of sp³-hybridized carbons (Fsp3) is 0.440. The smallest absolute Gasteiger partial charge is 0.410 e. The Kier molecular flexibility index (Phi) is 7.93. The van der Waals surface area contributed by atoms with E-state index in [-0.39, 0.29) is 18.1 Å². The first-order valence-corrected chi connectivity index (χ1v) is 11.0. The number of carbonyl (C=O) groups is 2. The molecule has 6 nitrogen and oxygen atoms in total. The molecule has 1 fully saturated rings. The molecule has 1 saturated heterocycles. The minimum absolute atomic E-state index is 0.0551. The van der Waals surface area contributed by atoms with Crippen molar-refractivity contribution in [1.82, 2.24) is 10.2 Å². The Bertz CT molecular complexity index is 854. The summed E-state index contributed by atoms with van der Waals surface area (Å²) in [4.78, 5) is 25.6. The zero-order valence-corrected chi connectivity index (χ0v) is 18.6. The van der Waals surface area contributed by atoms with E-state index in [0.29, 0.717) is 37.7 Å². The molecule has 2 amide bonds. The van der Waals surface area contributed by atoms with Crippen molar-refractivity contribution in [3.8, 4) is 16.9 Å². The third kappa shape index (κ3) is 6.48. The maximum absolute atomic E-state index is 12.0. The largest absolute Gasteiger partial charge is 0.493 e. The second-order valence-electron chi connectivity index (χ2n) is 8.14. The van der Waals surface area contributed by atoms with E-state index in [0.717, 1.165) is 29.7 Å². The zero-order chi connectivity index (χ0) is 22.2. The van der Waals surface area contributed by atoms with Crippen molar-refractivity contribution in [2.75, 3.05) is 26.2 Å². The molecule has 2 aromatic carbocycles. The van der Waals surface area contributed by atoms with Crippen LogP contribution in [0.4, 0.5) is 4.79 Å². The quantitative estimate of drug-likeness (QED) is 0.697. The van der Waals surface area contributed by atoms with Gasteiger partial charge in [-0.2, -0.15) is 0 Å². The van der Waals surface area contributed by atoms with Crippen LogP contribution in [0.15, 0.2) is 48.5 Å². The number of hydrogen-bond acceptors (Lipinski definition) is 4. The highest BCUT2D eigenvalue weighted by atomic mass is 16.6. The van der Waals surface area contributed by atoms with Gasteiger partial charge in [0.1, 0.15) is 5.75 Å². The Morgan fingerprint density at radius 2 is 1.58 bits per heavy atom. The van der Waals surface area contributed by atoms with Crippen molar-refractivity contribution in [3.05, 3.63) is 54.1 Å². The lowest BCUT2D eigenvalue weighted by Gasteiger charge is -2.31. The van der Waals surface area contributed by atoms with Crippen LogP contribution in [-0.4, -0.2) is 49.2 Å². The van der Waals surface area contributed by atoms with E-state index in [4.69, 9.17) is 9.47 Å². The minimum atomic E-state index is -0.219. The topological polar surface area (TPSA) is 67.9 Å². The first-order valence-electron chi connectivity index (χ1n) is 11.0. The van der Waals surface area contributed by atoms with Gasteiger partial charge in [0.05, 0.1) is 12.7 Å². The molecule has 1 aliphatic rings. The number of likely N-dealkylation sites (tertiary alicyclic amines) is 1. The van der Waals surface area contributed by atoms with E-state index in [1.54, 1.807) is 4.90 Å². The number of piperidine rings is 1. The van der Waals surface area contributed by atoms with E-state index in [2.05, 4.69) is 5.32 Å². The van der Waals surface area contributed by atoms with Gasteiger partial charge in [-0.05, 0) is 74.9 Å². The highest BCUT2D eigenvalue weighted by Crippen LogP contribution is 2.24. The molecular weight excluding hydrogens is 392 g/mol. The predicted octanol–water partition coefficient (Wildman–Crippen LogP) is 4.74. The molecular formula is C25H32N2O4. The lowest BCUT2D eigenvalue weighted by atomic mass is 9.98. The molecule has 6 heteroatoms. The van der Waals surface area contributed by atoms with Gasteiger partial charge in [-0.15, -0.1) is 0 Å². The van der Waals surface area contributed by atoms with Crippen LogP contribution in [0.2, 0.25) is 0 Å². The average Bonchev–Trinajstić information content (AvgIpc) is 2.78. The fourth-order valence-electron chi connectivity index (χ4n) is 3.59. The molecule has 0 radical (unpaired) electrons. The molecule has 1 heterocycles. The Labute approximate surface area is 184 Å². The molecule has 0 atom stereocenters. The maximum atomic E-state index is 12.0. The average molecular weight is 425 g/mol. The van der Waals surface area contributed by atoms with E-state index in [1.165, 1.54) is 0 Å². The molecule has 0 bridgehead atoms. The number of benzene rings is 2. The zero-order valence-electron chi connectivity index (χ0n) is 18.6. The van der Waals surface area contributed by atoms with Crippen LogP contribution in [0.1, 0.15) is 44.0 Å². The number of rotatable bonds is 7. The molecule has 0 spiro atoms. The summed E-state index contributed by atoms with van der Waals surface area (Å²) in [5.41, 5.74) is 2.79. The molecule has 166 valence electrons. The summed E-state index contributed by atoms with van der Waals surface area (Å²) >= 11 is 0. The number of ether oxygens (including phenoxy) is 2. The fourth-order valence-corrected chi connectivity index (χ4v) is 3.59. The summed E-state index contributed by atoms with van der Waals surface area (Å²) in [5.74, 6) is 1.22. The summed E-state index contributed by atoms with van der Waals surface area (Å²) in [5, 5.41) is 2.80. The van der Waals surface area contributed by atoms with Crippen molar-refractivity contribution >= 4 is 12.0 Å². The number of hydrogen-bond donors (Lipinski definition) is 1. The van der Waals surface area contributed by atoms with Crippen molar-refractivity contribution in [2.45, 2.75) is 39.7 Å². The third-order valence-electron chi connectivity index (χ3n) is 5.37. The van der Waals surface area contributed by atoms with Crippen LogP contribution >= 0.6 is 0 Å². The number of nitrogens with zero attached hydrogens (tertiary/aromatic N) is 1. The van der Waals surface area contributed by atoms with Gasteiger partial charge in [0.25, 0.3) is 5.91 Å². The normalized spacial score (nSPS) is 14.4. The molecule has 0 saturated carbocycles. The minimum Gasteiger partial charge on any atom is -0.493 e. The van der Waals surface area contributed by atoms with E-state index < -0.39 is 0 Å². The standard InChI is InChI=1S/C25H32N2O4/c1-4-26-24(28)22-7-5-20(6-8-22)21-9-11-23(12-10-21)30-17-19-13-15-27(16-14-19)25(29)31-18(2)3/h5-12,18-19H,4,13-17H2,1-3H3,(H,26,28). The van der Waals surface area contributed by atoms with Gasteiger partial charge in [-0.1, -0.05) is 24.3 Å². The van der Waals surface area contributed by atoms with Gasteiger partial charge in [-0.25, -0.2) is 4.79 Å². The lowest BCUT2D eigenvalue weighted by molar-refractivity contribution is 0.0608. The van der Waals surface area contributed by atoms with Gasteiger partial charge in [0.15, 0.2) is 0 Å². The third-order valence-corrected chi connectivity index (χ3v) is 5.37. The highest BCUT2D eigenvalue weighted by Gasteiger charge is 2.24. The molecule has 31 heavy (non-hydrogen) atoms. The summed E-state index contributed by atoms with van der Waals surface area (Å²) in [6, 6.07) is 15.6. The van der Waals surface area contributed by atoms with Gasteiger partial charge in [0, 0.05) is 25.2 Å². The second kappa shape index (κ2) is 10.8. The van der Waals surface area contributed by atoms with Gasteiger partial charge >= 0.3 is 6.09 Å². The summed E-state index contributed by atoms with van der Waals surface area (Å²) in [7, 11) is 0. The number of carbonyl (C=O) groups excluding carboxylic acids is 2. The van der Waals surface area contributed by atoms with Crippen LogP contribution in [0.5, 0.6) is 5.75 Å². The molecule has 0 unspecified atom stereocenters. The van der Waals surface area contributed by atoms with Crippen LogP contribution in [0.25, 0.3) is 11.1 Å². The molecule has 0 aromatic heterocycles. The Balaban J connectivity index is 1.47. The Hall–Kier alpha value is -3.02. The SMILES string of the molecule is CCNC(=O)c1ccc(-c2ccc(OCC3CCN(C(=O)OC(C)C)CC3)cc2)cc1. The summed E-state index contributed by atoms with van der Waals surface area (Å²) < 4.78 is 11.3. The monoisotopic (exact) mass is 424 g/mol. The van der Waals surface area contributed by atoms with Crippen molar-refractivity contribution in [1.29, 1.82) is 0 Å². The Morgan fingerprint density at radius 1 is 1.00 bits per heavy atom. The summed E-state index contributed by atoms with van der Waals surface area (Å²) in [6.45, 7) is 8.33. The number of amides is 2. The second-order valence-corrected chi connectivity index (χ2v) is 8.14. The van der Waals surface area contributed by atoms with Crippen molar-refractivity contribution < 1.29 is 19.1 Å². The van der Waals surface area contributed by atoms with E-state index >= 15 is 0 Å². The lowest BCUT2D eigenvalue weighted by Crippen LogP contribution is -2.40. The maximum Gasteiger partial charge on any atom is 0.410 e. The predicted molar refractivity (Wildman–Crippen MR) is 121 cm³/mol. The van der Waals surface area contributed by atoms with Crippen LogP contribution in [0.3, 0.4) is 0 Å². The Morgan fingerprint density at radius 3 is 2.13 bits per heavy atom. The molecule has 2 aromatic rings. The van der Waals surface area contributed by atoms with Crippen molar-refractivity contribution in [2.24, 2.45) is 5.92 Å². The summed E-state index contributed by atoms with van der Waals surface area (Å²) in [6.07, 6.45) is 1.53. The van der Waals surface area contributed by atoms with Gasteiger partial charge < -0.3 is 19.7 Å². The van der Waals surface area contributed by atoms with Crippen LogP contribution in [-0.2, 0) is 4.74 Å². The van der Waals surface area contributed by atoms with Gasteiger partial charge in [-0.3, -0.25) is 4.79 Å².